The quantitative estimate of drug-likeness (QED) is 0.754. The molecule has 0 saturated heterocycles. The van der Waals surface area contributed by atoms with Crippen LogP contribution in [0.25, 0.3) is 0 Å². The zero-order valence-electron chi connectivity index (χ0n) is 8.44. The Labute approximate surface area is 97.5 Å². The van der Waals surface area contributed by atoms with Crippen molar-refractivity contribution in [2.24, 2.45) is 0 Å². The van der Waals surface area contributed by atoms with Crippen LogP contribution in [0.5, 0.6) is 5.75 Å². The van der Waals surface area contributed by atoms with Gasteiger partial charge in [0.25, 0.3) is 0 Å². The number of hydrogen-bond donors (Lipinski definition) is 3. The number of nitrogens with one attached hydrogen (secondary N) is 2. The molecule has 0 atom stereocenters. The molecule has 0 fully saturated rings. The van der Waals surface area contributed by atoms with E-state index < -0.39 is 0 Å². The normalized spacial score (nSPS) is 10.6. The largest absolute Gasteiger partial charge is 0.508 e. The molecule has 0 radical (unpaired) electrons. The van der Waals surface area contributed by atoms with E-state index in [0.717, 1.165) is 11.4 Å². The van der Waals surface area contributed by atoms with Crippen molar-refractivity contribution in [2.75, 3.05) is 0 Å². The van der Waals surface area contributed by atoms with Crippen molar-refractivity contribution in [3.63, 3.8) is 0 Å². The number of aromatic nitrogens is 3. The van der Waals surface area contributed by atoms with E-state index in [1.807, 2.05) is 0 Å². The number of aromatic amines is 1. The van der Waals surface area contributed by atoms with Crippen molar-refractivity contribution < 1.29 is 5.11 Å². The highest BCUT2D eigenvalue weighted by atomic mass is 35.5. The minimum Gasteiger partial charge on any atom is -0.508 e. The molecule has 0 bridgehead atoms. The Balaban J connectivity index is 1.92. The molecule has 0 saturated carbocycles. The van der Waals surface area contributed by atoms with E-state index in [-0.39, 0.29) is 5.75 Å². The van der Waals surface area contributed by atoms with Gasteiger partial charge in [0.15, 0.2) is 0 Å². The zero-order valence-corrected chi connectivity index (χ0v) is 9.20. The Morgan fingerprint density at radius 2 is 2.25 bits per heavy atom. The number of aromatic hydroxyl groups is 1. The standard InChI is InChI=1S/C10H11ClN4O/c11-8-1-2-9(16)7(3-8)4-12-5-10-13-6-14-15-10/h1-3,6,12,16H,4-5H2,(H,13,14,15). The van der Waals surface area contributed by atoms with Gasteiger partial charge in [-0.25, -0.2) is 4.98 Å². The van der Waals surface area contributed by atoms with Crippen LogP contribution in [-0.2, 0) is 13.1 Å². The smallest absolute Gasteiger partial charge is 0.138 e. The lowest BCUT2D eigenvalue weighted by Gasteiger charge is -2.05. The van der Waals surface area contributed by atoms with Crippen LogP contribution < -0.4 is 5.32 Å². The van der Waals surface area contributed by atoms with E-state index in [2.05, 4.69) is 20.5 Å². The molecule has 0 amide bonds. The molecule has 2 aromatic rings. The summed E-state index contributed by atoms with van der Waals surface area (Å²) in [6.45, 7) is 1.08. The third-order valence-electron chi connectivity index (χ3n) is 2.11. The first-order valence-electron chi connectivity index (χ1n) is 4.78. The predicted octanol–water partition coefficient (Wildman–Crippen LogP) is 1.45. The molecule has 2 rings (SSSR count). The lowest BCUT2D eigenvalue weighted by atomic mass is 10.2. The van der Waals surface area contributed by atoms with Gasteiger partial charge in [0, 0.05) is 17.1 Å². The highest BCUT2D eigenvalue weighted by Crippen LogP contribution is 2.21. The first-order valence-corrected chi connectivity index (χ1v) is 5.16. The van der Waals surface area contributed by atoms with Crippen LogP contribution in [0.15, 0.2) is 24.5 Å². The van der Waals surface area contributed by atoms with E-state index in [0.29, 0.717) is 18.1 Å². The monoisotopic (exact) mass is 238 g/mol. The first kappa shape index (κ1) is 10.9. The second-order valence-electron chi connectivity index (χ2n) is 3.31. The topological polar surface area (TPSA) is 73.8 Å². The molecule has 0 spiro atoms. The van der Waals surface area contributed by atoms with Gasteiger partial charge in [-0.2, -0.15) is 5.10 Å². The number of H-pyrrole nitrogens is 1. The zero-order chi connectivity index (χ0) is 11.4. The minimum atomic E-state index is 0.231. The maximum Gasteiger partial charge on any atom is 0.138 e. The molecule has 0 aliphatic heterocycles. The van der Waals surface area contributed by atoms with Gasteiger partial charge in [0.05, 0.1) is 6.54 Å². The Morgan fingerprint density at radius 3 is 3.00 bits per heavy atom. The Morgan fingerprint density at radius 1 is 1.38 bits per heavy atom. The lowest BCUT2D eigenvalue weighted by Crippen LogP contribution is -2.13. The highest BCUT2D eigenvalue weighted by molar-refractivity contribution is 6.30. The third-order valence-corrected chi connectivity index (χ3v) is 2.35. The molecule has 5 nitrogen and oxygen atoms in total. The summed E-state index contributed by atoms with van der Waals surface area (Å²) in [7, 11) is 0. The maximum absolute atomic E-state index is 9.56. The summed E-state index contributed by atoms with van der Waals surface area (Å²) < 4.78 is 0. The van der Waals surface area contributed by atoms with Crippen molar-refractivity contribution in [2.45, 2.75) is 13.1 Å². The second kappa shape index (κ2) is 4.96. The van der Waals surface area contributed by atoms with Gasteiger partial charge >= 0.3 is 0 Å². The predicted molar refractivity (Wildman–Crippen MR) is 60.0 cm³/mol. The average molecular weight is 239 g/mol. The molecular formula is C10H11ClN4O. The molecule has 0 unspecified atom stereocenters. The molecule has 0 aliphatic carbocycles. The molecule has 84 valence electrons. The molecule has 1 aromatic carbocycles. The Bertz CT molecular complexity index is 458. The van der Waals surface area contributed by atoms with Crippen molar-refractivity contribution >= 4 is 11.6 Å². The van der Waals surface area contributed by atoms with E-state index in [4.69, 9.17) is 11.6 Å². The fourth-order valence-corrected chi connectivity index (χ4v) is 1.52. The molecule has 1 aromatic heterocycles. The number of rotatable bonds is 4. The fraction of sp³-hybridized carbons (Fsp3) is 0.200. The third kappa shape index (κ3) is 2.71. The highest BCUT2D eigenvalue weighted by Gasteiger charge is 2.02. The summed E-state index contributed by atoms with van der Waals surface area (Å²) >= 11 is 5.83. The molecular weight excluding hydrogens is 228 g/mol. The van der Waals surface area contributed by atoms with Gasteiger partial charge < -0.3 is 10.4 Å². The van der Waals surface area contributed by atoms with Crippen LogP contribution in [-0.4, -0.2) is 20.3 Å². The molecule has 1 heterocycles. The Hall–Kier alpha value is -1.59. The summed E-state index contributed by atoms with van der Waals surface area (Å²) in [5.41, 5.74) is 0.756. The van der Waals surface area contributed by atoms with Crippen molar-refractivity contribution in [1.82, 2.24) is 20.5 Å². The molecule has 3 N–H and O–H groups in total. The second-order valence-corrected chi connectivity index (χ2v) is 3.75. The van der Waals surface area contributed by atoms with Gasteiger partial charge in [0.2, 0.25) is 0 Å². The van der Waals surface area contributed by atoms with Crippen LogP contribution >= 0.6 is 11.6 Å². The van der Waals surface area contributed by atoms with Crippen LogP contribution in [0.2, 0.25) is 5.02 Å². The number of phenols is 1. The maximum atomic E-state index is 9.56. The summed E-state index contributed by atoms with van der Waals surface area (Å²) in [4.78, 5) is 3.97. The summed E-state index contributed by atoms with van der Waals surface area (Å²) in [6.07, 6.45) is 1.45. The summed E-state index contributed by atoms with van der Waals surface area (Å²) in [6, 6.07) is 4.95. The van der Waals surface area contributed by atoms with Crippen LogP contribution in [0, 0.1) is 0 Å². The number of nitrogens with zero attached hydrogens (tertiary/aromatic N) is 2. The fourth-order valence-electron chi connectivity index (χ4n) is 1.33. The molecule has 6 heteroatoms. The number of phenolic OH excluding ortho intramolecular Hbond substituents is 1. The average Bonchev–Trinajstić information content (AvgIpc) is 2.76. The van der Waals surface area contributed by atoms with Crippen molar-refractivity contribution in [3.8, 4) is 5.75 Å². The Kier molecular flexibility index (Phi) is 3.38. The van der Waals surface area contributed by atoms with Gasteiger partial charge in [0.1, 0.15) is 17.9 Å². The van der Waals surface area contributed by atoms with Gasteiger partial charge in [-0.3, -0.25) is 5.10 Å². The minimum absolute atomic E-state index is 0.231. The van der Waals surface area contributed by atoms with Crippen LogP contribution in [0.1, 0.15) is 11.4 Å². The number of benzene rings is 1. The lowest BCUT2D eigenvalue weighted by molar-refractivity contribution is 0.464. The van der Waals surface area contributed by atoms with Crippen molar-refractivity contribution in [1.29, 1.82) is 0 Å². The van der Waals surface area contributed by atoms with Crippen LogP contribution in [0.3, 0.4) is 0 Å². The van der Waals surface area contributed by atoms with E-state index in [9.17, 15) is 5.11 Å². The first-order chi connectivity index (χ1) is 7.75. The SMILES string of the molecule is Oc1ccc(Cl)cc1CNCc1ncn[nH]1. The van der Waals surface area contributed by atoms with E-state index in [1.165, 1.54) is 6.33 Å². The van der Waals surface area contributed by atoms with Gasteiger partial charge in [-0.05, 0) is 18.2 Å². The van der Waals surface area contributed by atoms with Crippen molar-refractivity contribution in [3.05, 3.63) is 40.9 Å². The van der Waals surface area contributed by atoms with Gasteiger partial charge in [-0.1, -0.05) is 11.6 Å². The van der Waals surface area contributed by atoms with Gasteiger partial charge in [-0.15, -0.1) is 0 Å². The molecule has 0 aliphatic rings. The summed E-state index contributed by atoms with van der Waals surface area (Å²) in [5.74, 6) is 0.982. The molecule has 16 heavy (non-hydrogen) atoms. The van der Waals surface area contributed by atoms with E-state index >= 15 is 0 Å². The summed E-state index contributed by atoms with van der Waals surface area (Å²) in [5, 5.41) is 19.8. The van der Waals surface area contributed by atoms with Crippen LogP contribution in [0.4, 0.5) is 0 Å². The van der Waals surface area contributed by atoms with E-state index in [1.54, 1.807) is 18.2 Å². The number of halogens is 1. The number of hydrogen-bond acceptors (Lipinski definition) is 4.